The summed E-state index contributed by atoms with van der Waals surface area (Å²) in [5.74, 6) is -3.97. The van der Waals surface area contributed by atoms with Crippen molar-refractivity contribution in [2.24, 2.45) is 0 Å². The molecule has 140 valence electrons. The standard InChI is InChI=1S/C16H9ClF3N3O3S/c17-10-3-1-9-6-11(4-2-8(9)5-10)27-7-12-13(22-23-21-12)14(24)26-15(25)16(18,19)20/h1-6H,7H2,(H,21,22,23). The highest BCUT2D eigenvalue weighted by atomic mass is 35.5. The number of aromatic nitrogens is 3. The maximum Gasteiger partial charge on any atom is 0.491 e. The lowest BCUT2D eigenvalue weighted by atomic mass is 10.1. The van der Waals surface area contributed by atoms with E-state index in [1.54, 1.807) is 6.07 Å². The second-order valence-corrected chi connectivity index (χ2v) is 6.74. The first-order valence-electron chi connectivity index (χ1n) is 7.29. The average molecular weight is 416 g/mol. The summed E-state index contributed by atoms with van der Waals surface area (Å²) in [6.07, 6.45) is -5.27. The lowest BCUT2D eigenvalue weighted by Gasteiger charge is -2.06. The van der Waals surface area contributed by atoms with Crippen LogP contribution in [-0.2, 0) is 15.3 Å². The highest BCUT2D eigenvalue weighted by molar-refractivity contribution is 7.98. The van der Waals surface area contributed by atoms with Crippen molar-refractivity contribution in [1.82, 2.24) is 15.4 Å². The van der Waals surface area contributed by atoms with Gasteiger partial charge in [-0.3, -0.25) is 5.10 Å². The maximum absolute atomic E-state index is 12.2. The van der Waals surface area contributed by atoms with E-state index in [9.17, 15) is 22.8 Å². The number of H-pyrrole nitrogens is 1. The SMILES string of the molecule is O=C(OC(=O)C(F)(F)F)c1[nH]nnc1CSc1ccc2cc(Cl)ccc2c1. The van der Waals surface area contributed by atoms with E-state index in [1.807, 2.05) is 30.3 Å². The molecule has 0 aliphatic heterocycles. The number of hydrogen-bond donors (Lipinski definition) is 1. The van der Waals surface area contributed by atoms with Gasteiger partial charge in [-0.05, 0) is 35.0 Å². The molecule has 1 N–H and O–H groups in total. The van der Waals surface area contributed by atoms with Crippen LogP contribution < -0.4 is 0 Å². The number of alkyl halides is 3. The van der Waals surface area contributed by atoms with Crippen LogP contribution in [0.5, 0.6) is 0 Å². The minimum atomic E-state index is -5.27. The Morgan fingerprint density at radius 2 is 1.85 bits per heavy atom. The number of esters is 2. The number of benzene rings is 2. The quantitative estimate of drug-likeness (QED) is 0.391. The van der Waals surface area contributed by atoms with Crippen LogP contribution in [0.4, 0.5) is 13.2 Å². The van der Waals surface area contributed by atoms with E-state index in [0.717, 1.165) is 15.7 Å². The van der Waals surface area contributed by atoms with E-state index in [4.69, 9.17) is 11.6 Å². The Morgan fingerprint density at radius 1 is 1.15 bits per heavy atom. The third kappa shape index (κ3) is 4.58. The zero-order valence-electron chi connectivity index (χ0n) is 13.2. The molecule has 1 aromatic heterocycles. The summed E-state index contributed by atoms with van der Waals surface area (Å²) in [6, 6.07) is 11.0. The molecule has 27 heavy (non-hydrogen) atoms. The summed E-state index contributed by atoms with van der Waals surface area (Å²) < 4.78 is 40.4. The van der Waals surface area contributed by atoms with Crippen LogP contribution in [0.2, 0.25) is 5.02 Å². The molecule has 0 fully saturated rings. The molecular weight excluding hydrogens is 407 g/mol. The Kier molecular flexibility index (Phi) is 5.38. The number of hydrogen-bond acceptors (Lipinski definition) is 6. The fourth-order valence-corrected chi connectivity index (χ4v) is 3.20. The Balaban J connectivity index is 1.71. The van der Waals surface area contributed by atoms with E-state index < -0.39 is 23.8 Å². The molecule has 0 saturated heterocycles. The zero-order chi connectivity index (χ0) is 19.6. The van der Waals surface area contributed by atoms with Gasteiger partial charge < -0.3 is 4.74 Å². The van der Waals surface area contributed by atoms with Gasteiger partial charge in [0.15, 0.2) is 5.69 Å². The molecule has 3 rings (SSSR count). The third-order valence-corrected chi connectivity index (χ3v) is 4.63. The Hall–Kier alpha value is -2.59. The highest BCUT2D eigenvalue weighted by Gasteiger charge is 2.43. The van der Waals surface area contributed by atoms with Gasteiger partial charge in [0.25, 0.3) is 0 Å². The van der Waals surface area contributed by atoms with Crippen LogP contribution in [0.25, 0.3) is 10.8 Å². The first-order valence-corrected chi connectivity index (χ1v) is 8.66. The molecule has 0 amide bonds. The zero-order valence-corrected chi connectivity index (χ0v) is 14.8. The van der Waals surface area contributed by atoms with Crippen molar-refractivity contribution >= 4 is 46.1 Å². The van der Waals surface area contributed by atoms with Gasteiger partial charge in [-0.15, -0.1) is 16.9 Å². The number of carbonyl (C=O) groups excluding carboxylic acids is 2. The van der Waals surface area contributed by atoms with Crippen LogP contribution in [0.1, 0.15) is 16.2 Å². The predicted molar refractivity (Wildman–Crippen MR) is 91.4 cm³/mol. The Bertz CT molecular complexity index is 1020. The van der Waals surface area contributed by atoms with E-state index in [1.165, 1.54) is 11.8 Å². The number of thioether (sulfide) groups is 1. The molecule has 6 nitrogen and oxygen atoms in total. The molecule has 0 saturated carbocycles. The van der Waals surface area contributed by atoms with Gasteiger partial charge in [0.05, 0.1) is 0 Å². The topological polar surface area (TPSA) is 84.9 Å². The third-order valence-electron chi connectivity index (χ3n) is 3.39. The van der Waals surface area contributed by atoms with Crippen molar-refractivity contribution in [3.8, 4) is 0 Å². The normalized spacial score (nSPS) is 11.6. The summed E-state index contributed by atoms with van der Waals surface area (Å²) in [4.78, 5) is 23.3. The number of carbonyl (C=O) groups is 2. The van der Waals surface area contributed by atoms with E-state index >= 15 is 0 Å². The predicted octanol–water partition coefficient (Wildman–Crippen LogP) is 4.15. The number of nitrogens with zero attached hydrogens (tertiary/aromatic N) is 2. The first-order chi connectivity index (χ1) is 12.7. The Morgan fingerprint density at radius 3 is 2.59 bits per heavy atom. The second-order valence-electron chi connectivity index (χ2n) is 5.25. The largest absolute Gasteiger partial charge is 0.491 e. The number of rotatable bonds is 4. The van der Waals surface area contributed by atoms with Crippen LogP contribution in [0.15, 0.2) is 41.3 Å². The van der Waals surface area contributed by atoms with Gasteiger partial charge in [0.1, 0.15) is 5.69 Å². The molecule has 0 bridgehead atoms. The fraction of sp³-hybridized carbons (Fsp3) is 0.125. The van der Waals surface area contributed by atoms with Crippen molar-refractivity contribution in [2.45, 2.75) is 16.8 Å². The fourth-order valence-electron chi connectivity index (χ4n) is 2.14. The van der Waals surface area contributed by atoms with Crippen LogP contribution in [-0.4, -0.2) is 33.5 Å². The van der Waals surface area contributed by atoms with E-state index in [2.05, 4.69) is 20.1 Å². The van der Waals surface area contributed by atoms with Gasteiger partial charge in [-0.25, -0.2) is 9.59 Å². The van der Waals surface area contributed by atoms with Crippen LogP contribution >= 0.6 is 23.4 Å². The summed E-state index contributed by atoms with van der Waals surface area (Å²) in [5.41, 5.74) is -0.344. The first kappa shape index (κ1) is 19.2. The lowest BCUT2D eigenvalue weighted by molar-refractivity contribution is -0.193. The Labute approximate surface area is 159 Å². The van der Waals surface area contributed by atoms with Gasteiger partial charge in [0.2, 0.25) is 0 Å². The van der Waals surface area contributed by atoms with Crippen LogP contribution in [0.3, 0.4) is 0 Å². The molecule has 0 spiro atoms. The van der Waals surface area contributed by atoms with Crippen molar-refractivity contribution < 1.29 is 27.5 Å². The monoisotopic (exact) mass is 415 g/mol. The van der Waals surface area contributed by atoms with E-state index in [0.29, 0.717) is 5.02 Å². The van der Waals surface area contributed by atoms with E-state index in [-0.39, 0.29) is 11.4 Å². The summed E-state index contributed by atoms with van der Waals surface area (Å²) >= 11 is 7.22. The molecular formula is C16H9ClF3N3O3S. The molecule has 0 unspecified atom stereocenters. The average Bonchev–Trinajstić information content (AvgIpc) is 3.07. The van der Waals surface area contributed by atoms with Gasteiger partial charge >= 0.3 is 18.1 Å². The number of halogens is 4. The molecule has 1 heterocycles. The number of fused-ring (bicyclic) bond motifs is 1. The van der Waals surface area contributed by atoms with Crippen molar-refractivity contribution in [3.05, 3.63) is 52.8 Å². The van der Waals surface area contributed by atoms with Gasteiger partial charge in [0, 0.05) is 15.7 Å². The van der Waals surface area contributed by atoms with Crippen molar-refractivity contribution in [2.75, 3.05) is 0 Å². The van der Waals surface area contributed by atoms with Gasteiger partial charge in [-0.1, -0.05) is 28.9 Å². The molecule has 0 atom stereocenters. The van der Waals surface area contributed by atoms with Crippen LogP contribution in [0, 0.1) is 0 Å². The van der Waals surface area contributed by atoms with Gasteiger partial charge in [-0.2, -0.15) is 13.2 Å². The summed E-state index contributed by atoms with van der Waals surface area (Å²) in [6.45, 7) is 0. The summed E-state index contributed by atoms with van der Waals surface area (Å²) in [7, 11) is 0. The second kappa shape index (κ2) is 7.57. The number of nitrogens with one attached hydrogen (secondary N) is 1. The van der Waals surface area contributed by atoms with Crippen molar-refractivity contribution in [1.29, 1.82) is 0 Å². The number of aromatic amines is 1. The lowest BCUT2D eigenvalue weighted by Crippen LogP contribution is -2.28. The summed E-state index contributed by atoms with van der Waals surface area (Å²) in [5, 5.41) is 11.7. The minimum absolute atomic E-state index is 0.0659. The molecule has 0 aliphatic rings. The highest BCUT2D eigenvalue weighted by Crippen LogP contribution is 2.28. The molecule has 11 heteroatoms. The smallest absolute Gasteiger partial charge is 0.381 e. The number of ether oxygens (including phenoxy) is 1. The molecule has 0 radical (unpaired) electrons. The molecule has 0 aliphatic carbocycles. The minimum Gasteiger partial charge on any atom is -0.381 e. The van der Waals surface area contributed by atoms with Crippen molar-refractivity contribution in [3.63, 3.8) is 0 Å². The maximum atomic E-state index is 12.2. The molecule has 3 aromatic rings. The molecule has 2 aromatic carbocycles.